The van der Waals surface area contributed by atoms with Crippen molar-refractivity contribution < 1.29 is 18.9 Å². The van der Waals surface area contributed by atoms with E-state index in [1.807, 2.05) is 74.5 Å². The molecule has 3 aromatic carbocycles. The van der Waals surface area contributed by atoms with Crippen molar-refractivity contribution in [1.29, 1.82) is 0 Å². The number of benzene rings is 3. The molecule has 0 bridgehead atoms. The SMILES string of the molecule is CCOc1cc2cnc(Nc3ccc(OCOCc4ccccc4Br)cc3)nc2cc1OCC. The normalized spacial score (nSPS) is 10.8. The van der Waals surface area contributed by atoms with Crippen molar-refractivity contribution in [2.75, 3.05) is 25.3 Å². The molecule has 0 fully saturated rings. The lowest BCUT2D eigenvalue weighted by Gasteiger charge is -2.12. The Labute approximate surface area is 207 Å². The Morgan fingerprint density at radius 1 is 0.882 bits per heavy atom. The van der Waals surface area contributed by atoms with Crippen molar-refractivity contribution in [1.82, 2.24) is 9.97 Å². The maximum Gasteiger partial charge on any atom is 0.227 e. The molecule has 4 rings (SSSR count). The third-order valence-electron chi connectivity index (χ3n) is 4.88. The maximum atomic E-state index is 5.71. The fourth-order valence-electron chi connectivity index (χ4n) is 3.28. The van der Waals surface area contributed by atoms with Crippen LogP contribution in [0.15, 0.2) is 71.3 Å². The molecule has 8 heteroatoms. The first-order valence-corrected chi connectivity index (χ1v) is 11.8. The van der Waals surface area contributed by atoms with E-state index in [9.17, 15) is 0 Å². The highest BCUT2D eigenvalue weighted by Crippen LogP contribution is 2.32. The fourth-order valence-corrected chi connectivity index (χ4v) is 3.68. The number of ether oxygens (including phenoxy) is 4. The molecule has 7 nitrogen and oxygen atoms in total. The van der Waals surface area contributed by atoms with E-state index in [1.54, 1.807) is 6.20 Å². The van der Waals surface area contributed by atoms with Gasteiger partial charge in [0.15, 0.2) is 18.3 Å². The van der Waals surface area contributed by atoms with E-state index in [0.717, 1.165) is 26.6 Å². The van der Waals surface area contributed by atoms with Gasteiger partial charge in [-0.05, 0) is 55.8 Å². The van der Waals surface area contributed by atoms with Gasteiger partial charge in [-0.15, -0.1) is 0 Å². The predicted molar refractivity (Wildman–Crippen MR) is 136 cm³/mol. The molecule has 1 N–H and O–H groups in total. The minimum absolute atomic E-state index is 0.161. The van der Waals surface area contributed by atoms with Gasteiger partial charge in [-0.2, -0.15) is 0 Å². The standard InChI is InChI=1S/C26H26BrN3O4/c1-3-32-24-13-19-15-28-26(30-23(19)14-25(24)33-4-2)29-20-9-11-21(12-10-20)34-17-31-16-18-7-5-6-8-22(18)27/h5-15H,3-4,16-17H2,1-2H3,(H,28,29,30). The van der Waals surface area contributed by atoms with Crippen molar-refractivity contribution in [3.05, 3.63) is 76.9 Å². The number of nitrogens with zero attached hydrogens (tertiary/aromatic N) is 2. The van der Waals surface area contributed by atoms with E-state index in [0.29, 0.717) is 43.0 Å². The van der Waals surface area contributed by atoms with Crippen LogP contribution in [0.1, 0.15) is 19.4 Å². The van der Waals surface area contributed by atoms with E-state index >= 15 is 0 Å². The summed E-state index contributed by atoms with van der Waals surface area (Å²) in [7, 11) is 0. The zero-order valence-electron chi connectivity index (χ0n) is 19.1. The zero-order valence-corrected chi connectivity index (χ0v) is 20.7. The first-order chi connectivity index (χ1) is 16.7. The van der Waals surface area contributed by atoms with E-state index < -0.39 is 0 Å². The van der Waals surface area contributed by atoms with Crippen LogP contribution in [0.25, 0.3) is 10.9 Å². The Morgan fingerprint density at radius 3 is 2.35 bits per heavy atom. The average Bonchev–Trinajstić information content (AvgIpc) is 2.85. The van der Waals surface area contributed by atoms with Crippen molar-refractivity contribution in [3.63, 3.8) is 0 Å². The highest BCUT2D eigenvalue weighted by molar-refractivity contribution is 9.10. The van der Waals surface area contributed by atoms with Crippen LogP contribution in [-0.2, 0) is 11.3 Å². The van der Waals surface area contributed by atoms with Crippen LogP contribution in [0.5, 0.6) is 17.2 Å². The van der Waals surface area contributed by atoms with Crippen LogP contribution in [0, 0.1) is 0 Å². The number of aromatic nitrogens is 2. The number of anilines is 2. The molecule has 0 unspecified atom stereocenters. The molecule has 176 valence electrons. The molecule has 0 aliphatic heterocycles. The summed E-state index contributed by atoms with van der Waals surface area (Å²) in [4.78, 5) is 9.05. The summed E-state index contributed by atoms with van der Waals surface area (Å²) in [5, 5.41) is 4.10. The van der Waals surface area contributed by atoms with Gasteiger partial charge in [0.25, 0.3) is 0 Å². The highest BCUT2D eigenvalue weighted by Gasteiger charge is 2.10. The topological polar surface area (TPSA) is 74.7 Å². The van der Waals surface area contributed by atoms with Gasteiger partial charge in [0.05, 0.1) is 25.3 Å². The summed E-state index contributed by atoms with van der Waals surface area (Å²) in [6.07, 6.45) is 1.77. The summed E-state index contributed by atoms with van der Waals surface area (Å²) in [6.45, 7) is 5.62. The largest absolute Gasteiger partial charge is 0.490 e. The second-order valence-corrected chi connectivity index (χ2v) is 8.12. The van der Waals surface area contributed by atoms with Crippen molar-refractivity contribution in [3.8, 4) is 17.2 Å². The number of hydrogen-bond acceptors (Lipinski definition) is 7. The Morgan fingerprint density at radius 2 is 1.62 bits per heavy atom. The summed E-state index contributed by atoms with van der Waals surface area (Å²) < 4.78 is 23.7. The monoisotopic (exact) mass is 523 g/mol. The van der Waals surface area contributed by atoms with Gasteiger partial charge in [0.1, 0.15) is 5.75 Å². The van der Waals surface area contributed by atoms with Gasteiger partial charge >= 0.3 is 0 Å². The van der Waals surface area contributed by atoms with Crippen LogP contribution in [0.3, 0.4) is 0 Å². The molecule has 0 saturated carbocycles. The summed E-state index contributed by atoms with van der Waals surface area (Å²) in [5.74, 6) is 2.56. The first kappa shape index (κ1) is 23.8. The third-order valence-corrected chi connectivity index (χ3v) is 5.65. The van der Waals surface area contributed by atoms with Crippen molar-refractivity contribution >= 4 is 38.5 Å². The average molecular weight is 524 g/mol. The van der Waals surface area contributed by atoms with Crippen molar-refractivity contribution in [2.24, 2.45) is 0 Å². The molecule has 0 amide bonds. The van der Waals surface area contributed by atoms with Crippen LogP contribution in [0.4, 0.5) is 11.6 Å². The van der Waals surface area contributed by atoms with E-state index in [4.69, 9.17) is 18.9 Å². The number of nitrogens with one attached hydrogen (secondary N) is 1. The van der Waals surface area contributed by atoms with E-state index in [-0.39, 0.29) is 6.79 Å². The number of rotatable bonds is 11. The molecule has 1 aromatic heterocycles. The molecular weight excluding hydrogens is 498 g/mol. The number of hydrogen-bond donors (Lipinski definition) is 1. The lowest BCUT2D eigenvalue weighted by molar-refractivity contribution is 0.00483. The molecule has 34 heavy (non-hydrogen) atoms. The predicted octanol–water partition coefficient (Wildman–Crippen LogP) is 6.49. The number of halogens is 1. The van der Waals surface area contributed by atoms with Gasteiger partial charge in [-0.25, -0.2) is 9.97 Å². The maximum absolute atomic E-state index is 5.71. The Hall–Kier alpha value is -3.36. The molecule has 0 radical (unpaired) electrons. The van der Waals surface area contributed by atoms with Crippen LogP contribution < -0.4 is 19.5 Å². The van der Waals surface area contributed by atoms with Gasteiger partial charge in [-0.1, -0.05) is 34.1 Å². The smallest absolute Gasteiger partial charge is 0.227 e. The van der Waals surface area contributed by atoms with Gasteiger partial charge in [-0.3, -0.25) is 0 Å². The lowest BCUT2D eigenvalue weighted by atomic mass is 10.2. The molecule has 1 heterocycles. The summed E-state index contributed by atoms with van der Waals surface area (Å²) >= 11 is 3.51. The molecule has 0 spiro atoms. The Kier molecular flexibility index (Phi) is 8.17. The summed E-state index contributed by atoms with van der Waals surface area (Å²) in [6, 6.07) is 19.3. The lowest BCUT2D eigenvalue weighted by Crippen LogP contribution is -2.03. The van der Waals surface area contributed by atoms with E-state index in [1.165, 1.54) is 0 Å². The molecule has 0 aliphatic carbocycles. The van der Waals surface area contributed by atoms with Crippen LogP contribution in [0.2, 0.25) is 0 Å². The first-order valence-electron chi connectivity index (χ1n) is 11.0. The van der Waals surface area contributed by atoms with Gasteiger partial charge in [0, 0.05) is 27.8 Å². The second-order valence-electron chi connectivity index (χ2n) is 7.27. The van der Waals surface area contributed by atoms with Crippen molar-refractivity contribution in [2.45, 2.75) is 20.5 Å². The minimum atomic E-state index is 0.161. The van der Waals surface area contributed by atoms with Crippen LogP contribution >= 0.6 is 15.9 Å². The Bertz CT molecular complexity index is 1230. The second kappa shape index (κ2) is 11.7. The highest BCUT2D eigenvalue weighted by atomic mass is 79.9. The molecule has 0 saturated heterocycles. The van der Waals surface area contributed by atoms with Gasteiger partial charge in [0.2, 0.25) is 5.95 Å². The minimum Gasteiger partial charge on any atom is -0.490 e. The van der Waals surface area contributed by atoms with E-state index in [2.05, 4.69) is 31.2 Å². The van der Waals surface area contributed by atoms with Gasteiger partial charge < -0.3 is 24.3 Å². The zero-order chi connectivity index (χ0) is 23.8. The Balaban J connectivity index is 1.36. The third kappa shape index (κ3) is 6.15. The molecular formula is C26H26BrN3O4. The molecule has 0 atom stereocenters. The van der Waals surface area contributed by atoms with Crippen LogP contribution in [-0.4, -0.2) is 30.0 Å². The summed E-state index contributed by atoms with van der Waals surface area (Å²) in [5.41, 5.74) is 2.69. The molecule has 4 aromatic rings. The fraction of sp³-hybridized carbons (Fsp3) is 0.231. The quantitative estimate of drug-likeness (QED) is 0.178. The molecule has 0 aliphatic rings. The number of fused-ring (bicyclic) bond motifs is 1.